The van der Waals surface area contributed by atoms with E-state index >= 15 is 0 Å². The summed E-state index contributed by atoms with van der Waals surface area (Å²) in [6.07, 6.45) is 3.27. The Morgan fingerprint density at radius 2 is 1.82 bits per heavy atom. The van der Waals surface area contributed by atoms with Gasteiger partial charge in [-0.1, -0.05) is 24.2 Å². The second-order valence-corrected chi connectivity index (χ2v) is 7.24. The largest absolute Gasteiger partial charge is 0.481 e. The summed E-state index contributed by atoms with van der Waals surface area (Å²) in [5, 5.41) is 16.6. The summed E-state index contributed by atoms with van der Waals surface area (Å²) in [5.41, 5.74) is 4.02. The highest BCUT2D eigenvalue weighted by molar-refractivity contribution is 5.70. The molecule has 2 unspecified atom stereocenters. The van der Waals surface area contributed by atoms with Crippen LogP contribution in [-0.2, 0) is 11.2 Å². The van der Waals surface area contributed by atoms with Crippen molar-refractivity contribution in [3.05, 3.63) is 54.1 Å². The van der Waals surface area contributed by atoms with Crippen LogP contribution in [-0.4, -0.2) is 27.3 Å². The molecule has 2 atom stereocenters. The maximum Gasteiger partial charge on any atom is 0.306 e. The van der Waals surface area contributed by atoms with E-state index in [0.717, 1.165) is 36.1 Å². The van der Waals surface area contributed by atoms with Gasteiger partial charge in [-0.05, 0) is 67.6 Å². The monoisotopic (exact) mass is 377 g/mol. The number of carboxylic acid groups (broad SMARTS) is 1. The van der Waals surface area contributed by atoms with Crippen molar-refractivity contribution < 1.29 is 14.4 Å². The summed E-state index contributed by atoms with van der Waals surface area (Å²) in [5.74, 6) is 0.122. The molecule has 144 valence electrons. The van der Waals surface area contributed by atoms with Crippen LogP contribution in [0, 0.1) is 5.92 Å². The number of aryl methyl sites for hydroxylation is 1. The van der Waals surface area contributed by atoms with E-state index in [2.05, 4.69) is 34.5 Å². The van der Waals surface area contributed by atoms with E-state index in [1.807, 2.05) is 36.4 Å². The number of nitrogens with one attached hydrogen (secondary N) is 1. The predicted molar refractivity (Wildman–Crippen MR) is 107 cm³/mol. The third-order valence-electron chi connectivity index (χ3n) is 5.33. The van der Waals surface area contributed by atoms with Gasteiger partial charge >= 0.3 is 5.97 Å². The minimum atomic E-state index is -0.697. The van der Waals surface area contributed by atoms with Gasteiger partial charge in [0.25, 0.3) is 5.89 Å². The molecule has 0 aliphatic heterocycles. The van der Waals surface area contributed by atoms with Crippen molar-refractivity contribution in [3.8, 4) is 22.8 Å². The van der Waals surface area contributed by atoms with E-state index in [4.69, 9.17) is 9.63 Å². The second-order valence-electron chi connectivity index (χ2n) is 7.24. The SMILES string of the molecule is CCc1ccc(-c2nc(-c3ccc(NC4CCC(C(=O)O)C4)cc3)no2)cc1. The lowest BCUT2D eigenvalue weighted by atomic mass is 10.1. The Kier molecular flexibility index (Phi) is 5.10. The lowest BCUT2D eigenvalue weighted by Crippen LogP contribution is -2.17. The molecule has 0 bridgehead atoms. The Morgan fingerprint density at radius 3 is 2.46 bits per heavy atom. The highest BCUT2D eigenvalue weighted by Crippen LogP contribution is 2.29. The minimum Gasteiger partial charge on any atom is -0.481 e. The Balaban J connectivity index is 1.43. The third kappa shape index (κ3) is 3.91. The molecule has 4 rings (SSSR count). The topological polar surface area (TPSA) is 88.2 Å². The summed E-state index contributed by atoms with van der Waals surface area (Å²) in [6.45, 7) is 2.12. The first kappa shape index (κ1) is 18.2. The van der Waals surface area contributed by atoms with Crippen LogP contribution < -0.4 is 5.32 Å². The summed E-state index contributed by atoms with van der Waals surface area (Å²) in [7, 11) is 0. The number of hydrogen-bond donors (Lipinski definition) is 2. The Hall–Kier alpha value is -3.15. The third-order valence-corrected chi connectivity index (χ3v) is 5.33. The van der Waals surface area contributed by atoms with E-state index in [-0.39, 0.29) is 12.0 Å². The van der Waals surface area contributed by atoms with Crippen molar-refractivity contribution in [1.82, 2.24) is 10.1 Å². The van der Waals surface area contributed by atoms with Gasteiger partial charge in [-0.25, -0.2) is 0 Å². The fraction of sp³-hybridized carbons (Fsp3) is 0.318. The van der Waals surface area contributed by atoms with Crippen molar-refractivity contribution in [3.63, 3.8) is 0 Å². The quantitative estimate of drug-likeness (QED) is 0.651. The zero-order chi connectivity index (χ0) is 19.5. The molecule has 28 heavy (non-hydrogen) atoms. The number of benzene rings is 2. The second kappa shape index (κ2) is 7.84. The normalized spacial score (nSPS) is 18.9. The first-order valence-corrected chi connectivity index (χ1v) is 9.65. The van der Waals surface area contributed by atoms with Gasteiger partial charge in [0.15, 0.2) is 0 Å². The fourth-order valence-corrected chi connectivity index (χ4v) is 3.63. The van der Waals surface area contributed by atoms with Gasteiger partial charge in [-0.3, -0.25) is 4.79 Å². The molecular formula is C22H23N3O3. The van der Waals surface area contributed by atoms with Crippen LogP contribution in [0.2, 0.25) is 0 Å². The van der Waals surface area contributed by atoms with Crippen molar-refractivity contribution in [1.29, 1.82) is 0 Å². The van der Waals surface area contributed by atoms with Gasteiger partial charge in [0.05, 0.1) is 5.92 Å². The molecule has 1 heterocycles. The molecule has 1 saturated carbocycles. The van der Waals surface area contributed by atoms with E-state index < -0.39 is 5.97 Å². The standard InChI is InChI=1S/C22H23N3O3/c1-2-14-3-5-16(6-4-14)21-24-20(25-28-21)15-7-10-18(11-8-15)23-19-12-9-17(13-19)22(26)27/h3-8,10-11,17,19,23H,2,9,12-13H2,1H3,(H,26,27). The smallest absolute Gasteiger partial charge is 0.306 e. The summed E-state index contributed by atoms with van der Waals surface area (Å²) in [6, 6.07) is 16.2. The molecule has 3 aromatic rings. The van der Waals surface area contributed by atoms with Gasteiger partial charge in [0, 0.05) is 22.9 Å². The molecule has 0 amide bonds. The molecule has 0 saturated heterocycles. The average Bonchev–Trinajstić information content (AvgIpc) is 3.39. The molecular weight excluding hydrogens is 354 g/mol. The zero-order valence-corrected chi connectivity index (χ0v) is 15.8. The number of hydrogen-bond acceptors (Lipinski definition) is 5. The van der Waals surface area contributed by atoms with Crippen LogP contribution in [0.4, 0.5) is 5.69 Å². The first-order chi connectivity index (χ1) is 13.6. The Bertz CT molecular complexity index is 948. The number of nitrogens with zero attached hydrogens (tertiary/aromatic N) is 2. The van der Waals surface area contributed by atoms with Gasteiger partial charge in [-0.2, -0.15) is 4.98 Å². The van der Waals surface area contributed by atoms with Crippen molar-refractivity contribution in [2.45, 2.75) is 38.6 Å². The first-order valence-electron chi connectivity index (χ1n) is 9.65. The van der Waals surface area contributed by atoms with Crippen LogP contribution in [0.1, 0.15) is 31.7 Å². The number of rotatable bonds is 6. The van der Waals surface area contributed by atoms with E-state index in [1.54, 1.807) is 0 Å². The van der Waals surface area contributed by atoms with Crippen LogP contribution in [0.5, 0.6) is 0 Å². The predicted octanol–water partition coefficient (Wildman–Crippen LogP) is 4.63. The van der Waals surface area contributed by atoms with E-state index in [9.17, 15) is 4.79 Å². The van der Waals surface area contributed by atoms with Crippen molar-refractivity contribution >= 4 is 11.7 Å². The van der Waals surface area contributed by atoms with Gasteiger partial charge in [0.1, 0.15) is 0 Å². The summed E-state index contributed by atoms with van der Waals surface area (Å²) in [4.78, 5) is 15.6. The Labute approximate surface area is 163 Å². The Morgan fingerprint density at radius 1 is 1.11 bits per heavy atom. The summed E-state index contributed by atoms with van der Waals surface area (Å²) < 4.78 is 5.42. The van der Waals surface area contributed by atoms with Gasteiger partial charge in [0.2, 0.25) is 5.82 Å². The molecule has 1 fully saturated rings. The highest BCUT2D eigenvalue weighted by Gasteiger charge is 2.29. The highest BCUT2D eigenvalue weighted by atomic mass is 16.5. The van der Waals surface area contributed by atoms with E-state index in [0.29, 0.717) is 18.1 Å². The molecule has 1 aromatic heterocycles. The molecule has 6 nitrogen and oxygen atoms in total. The molecule has 6 heteroatoms. The van der Waals surface area contributed by atoms with E-state index in [1.165, 1.54) is 5.56 Å². The maximum atomic E-state index is 11.1. The van der Waals surface area contributed by atoms with Crippen molar-refractivity contribution in [2.75, 3.05) is 5.32 Å². The number of aromatic nitrogens is 2. The van der Waals surface area contributed by atoms with Crippen LogP contribution >= 0.6 is 0 Å². The average molecular weight is 377 g/mol. The van der Waals surface area contributed by atoms with Crippen LogP contribution in [0.3, 0.4) is 0 Å². The molecule has 2 aromatic carbocycles. The lowest BCUT2D eigenvalue weighted by molar-refractivity contribution is -0.141. The number of aliphatic carboxylic acids is 1. The number of carboxylic acids is 1. The van der Waals surface area contributed by atoms with Crippen LogP contribution in [0.15, 0.2) is 53.1 Å². The maximum absolute atomic E-state index is 11.1. The molecule has 1 aliphatic carbocycles. The molecule has 2 N–H and O–H groups in total. The zero-order valence-electron chi connectivity index (χ0n) is 15.8. The van der Waals surface area contributed by atoms with Crippen molar-refractivity contribution in [2.24, 2.45) is 5.92 Å². The lowest BCUT2D eigenvalue weighted by Gasteiger charge is -2.14. The summed E-state index contributed by atoms with van der Waals surface area (Å²) >= 11 is 0. The minimum absolute atomic E-state index is 0.204. The molecule has 1 aliphatic rings. The number of carbonyl (C=O) groups is 1. The van der Waals surface area contributed by atoms with Gasteiger partial charge in [-0.15, -0.1) is 0 Å². The molecule has 0 spiro atoms. The van der Waals surface area contributed by atoms with Gasteiger partial charge < -0.3 is 14.9 Å². The fourth-order valence-electron chi connectivity index (χ4n) is 3.63. The molecule has 0 radical (unpaired) electrons. The number of anilines is 1. The van der Waals surface area contributed by atoms with Crippen LogP contribution in [0.25, 0.3) is 22.8 Å².